The fourth-order valence-corrected chi connectivity index (χ4v) is 3.37. The van der Waals surface area contributed by atoms with Gasteiger partial charge in [-0.25, -0.2) is 8.42 Å². The molecule has 1 rings (SSSR count). The van der Waals surface area contributed by atoms with Crippen molar-refractivity contribution >= 4 is 45.7 Å². The third kappa shape index (κ3) is 7.67. The van der Waals surface area contributed by atoms with Crippen LogP contribution in [0.25, 0.3) is 0 Å². The molecule has 7 nitrogen and oxygen atoms in total. The van der Waals surface area contributed by atoms with E-state index in [1.807, 2.05) is 18.7 Å². The van der Waals surface area contributed by atoms with E-state index in [4.69, 9.17) is 0 Å². The van der Waals surface area contributed by atoms with Crippen LogP contribution in [0.1, 0.15) is 47.5 Å². The number of guanidine groups is 1. The molecule has 0 aromatic heterocycles. The van der Waals surface area contributed by atoms with E-state index in [0.717, 1.165) is 13.0 Å². The van der Waals surface area contributed by atoms with Crippen molar-refractivity contribution in [3.63, 3.8) is 0 Å². The molecule has 148 valence electrons. The Labute approximate surface area is 169 Å². The van der Waals surface area contributed by atoms with Gasteiger partial charge >= 0.3 is 0 Å². The molecular formula is C16H33IN4O3S. The third-order valence-corrected chi connectivity index (χ3v) is 6.68. The summed E-state index contributed by atoms with van der Waals surface area (Å²) < 4.78 is 23.5. The van der Waals surface area contributed by atoms with Crippen LogP contribution in [0.15, 0.2) is 4.99 Å². The maximum absolute atomic E-state index is 12.1. The molecule has 1 aliphatic heterocycles. The molecule has 1 atom stereocenters. The minimum absolute atomic E-state index is 0. The lowest BCUT2D eigenvalue weighted by Crippen LogP contribution is -2.45. The zero-order valence-electron chi connectivity index (χ0n) is 16.0. The number of rotatable bonds is 6. The molecule has 0 aliphatic carbocycles. The van der Waals surface area contributed by atoms with E-state index in [-0.39, 0.29) is 48.2 Å². The lowest BCUT2D eigenvalue weighted by Gasteiger charge is -2.20. The minimum Gasteiger partial charge on any atom is -0.357 e. The molecule has 25 heavy (non-hydrogen) atoms. The van der Waals surface area contributed by atoms with Crippen LogP contribution in [0.3, 0.4) is 0 Å². The van der Waals surface area contributed by atoms with Gasteiger partial charge in [-0.3, -0.25) is 9.79 Å². The van der Waals surface area contributed by atoms with E-state index in [0.29, 0.717) is 25.5 Å². The number of nitrogens with zero attached hydrogens (tertiary/aromatic N) is 2. The van der Waals surface area contributed by atoms with Crippen molar-refractivity contribution in [3.05, 3.63) is 0 Å². The molecule has 1 saturated heterocycles. The van der Waals surface area contributed by atoms with Gasteiger partial charge in [0.25, 0.3) is 0 Å². The number of aliphatic imine (C=N–C) groups is 1. The van der Waals surface area contributed by atoms with E-state index in [1.54, 1.807) is 20.8 Å². The Kier molecular flexibility index (Phi) is 10.3. The van der Waals surface area contributed by atoms with Crippen molar-refractivity contribution < 1.29 is 13.2 Å². The average molecular weight is 488 g/mol. The van der Waals surface area contributed by atoms with Crippen LogP contribution in [-0.2, 0) is 14.6 Å². The first-order valence-electron chi connectivity index (χ1n) is 8.65. The van der Waals surface area contributed by atoms with Crippen LogP contribution >= 0.6 is 24.0 Å². The largest absolute Gasteiger partial charge is 0.357 e. The molecule has 1 aliphatic rings. The number of nitrogens with one attached hydrogen (secondary N) is 2. The van der Waals surface area contributed by atoms with E-state index >= 15 is 0 Å². The molecule has 0 spiro atoms. The number of hydrogen-bond donors (Lipinski definition) is 2. The molecule has 0 radical (unpaired) electrons. The average Bonchev–Trinajstić information content (AvgIpc) is 2.93. The van der Waals surface area contributed by atoms with Gasteiger partial charge in [0.05, 0.1) is 17.0 Å². The summed E-state index contributed by atoms with van der Waals surface area (Å²) in [6.07, 6.45) is 1.39. The van der Waals surface area contributed by atoms with E-state index < -0.39 is 14.6 Å². The van der Waals surface area contributed by atoms with E-state index in [1.165, 1.54) is 0 Å². The molecule has 9 heteroatoms. The second kappa shape index (κ2) is 10.5. The monoisotopic (exact) mass is 488 g/mol. The number of amides is 1. The Morgan fingerprint density at radius 1 is 1.28 bits per heavy atom. The molecule has 0 aromatic rings. The first-order chi connectivity index (χ1) is 11.1. The van der Waals surface area contributed by atoms with Gasteiger partial charge in [-0.1, -0.05) is 6.92 Å². The number of hydrogen-bond acceptors (Lipinski definition) is 4. The fraction of sp³-hybridized carbons (Fsp3) is 0.875. The third-order valence-electron chi connectivity index (χ3n) is 4.09. The zero-order chi connectivity index (χ0) is 18.4. The molecule has 1 unspecified atom stereocenters. The SMILES string of the molecule is CCNC(=NCCS(=O)(=O)C(C)(C)C)NC1CCN(C(=O)CC)C1.I. The van der Waals surface area contributed by atoms with Crippen LogP contribution in [0.2, 0.25) is 0 Å². The normalized spacial score (nSPS) is 18.7. The number of carbonyl (C=O) groups is 1. The number of likely N-dealkylation sites (tertiary alicyclic amines) is 1. The molecule has 0 bridgehead atoms. The highest BCUT2D eigenvalue weighted by Crippen LogP contribution is 2.15. The Morgan fingerprint density at radius 2 is 1.92 bits per heavy atom. The van der Waals surface area contributed by atoms with Gasteiger partial charge in [-0.15, -0.1) is 24.0 Å². The number of sulfone groups is 1. The summed E-state index contributed by atoms with van der Waals surface area (Å²) in [5.74, 6) is 0.799. The summed E-state index contributed by atoms with van der Waals surface area (Å²) in [5, 5.41) is 6.43. The quantitative estimate of drug-likeness (QED) is 0.335. The van der Waals surface area contributed by atoms with Crippen molar-refractivity contribution in [2.45, 2.75) is 58.2 Å². The molecule has 1 heterocycles. The summed E-state index contributed by atoms with van der Waals surface area (Å²) in [4.78, 5) is 18.0. The topological polar surface area (TPSA) is 90.9 Å². The Bertz CT molecular complexity index is 558. The lowest BCUT2D eigenvalue weighted by molar-refractivity contribution is -0.129. The smallest absolute Gasteiger partial charge is 0.222 e. The number of halogens is 1. The van der Waals surface area contributed by atoms with E-state index in [2.05, 4.69) is 15.6 Å². The molecule has 1 amide bonds. The molecular weight excluding hydrogens is 455 g/mol. The predicted molar refractivity (Wildman–Crippen MR) is 113 cm³/mol. The van der Waals surface area contributed by atoms with Crippen LogP contribution < -0.4 is 10.6 Å². The highest BCUT2D eigenvalue weighted by Gasteiger charge is 2.28. The summed E-state index contributed by atoms with van der Waals surface area (Å²) in [6.45, 7) is 11.3. The summed E-state index contributed by atoms with van der Waals surface area (Å²) in [6, 6.07) is 0.150. The van der Waals surface area contributed by atoms with Gasteiger partial charge in [0.2, 0.25) is 5.91 Å². The highest BCUT2D eigenvalue weighted by molar-refractivity contribution is 14.0. The van der Waals surface area contributed by atoms with Crippen molar-refractivity contribution in [1.29, 1.82) is 0 Å². The van der Waals surface area contributed by atoms with Crippen LogP contribution in [-0.4, -0.2) is 67.9 Å². The zero-order valence-corrected chi connectivity index (χ0v) is 19.1. The Hall–Kier alpha value is -0.580. The van der Waals surface area contributed by atoms with Gasteiger partial charge < -0.3 is 15.5 Å². The second-order valence-electron chi connectivity index (χ2n) is 7.02. The second-order valence-corrected chi connectivity index (χ2v) is 9.88. The molecule has 1 fully saturated rings. The summed E-state index contributed by atoms with van der Waals surface area (Å²) >= 11 is 0. The first-order valence-corrected chi connectivity index (χ1v) is 10.3. The van der Waals surface area contributed by atoms with Crippen molar-refractivity contribution in [2.24, 2.45) is 4.99 Å². The maximum atomic E-state index is 12.1. The van der Waals surface area contributed by atoms with Crippen molar-refractivity contribution in [2.75, 3.05) is 31.9 Å². The lowest BCUT2D eigenvalue weighted by atomic mass is 10.3. The van der Waals surface area contributed by atoms with Gasteiger partial charge in [-0.2, -0.15) is 0 Å². The summed E-state index contributed by atoms with van der Waals surface area (Å²) in [7, 11) is -3.17. The predicted octanol–water partition coefficient (Wildman–Crippen LogP) is 1.38. The highest BCUT2D eigenvalue weighted by atomic mass is 127. The van der Waals surface area contributed by atoms with Crippen molar-refractivity contribution in [3.8, 4) is 0 Å². The van der Waals surface area contributed by atoms with Crippen molar-refractivity contribution in [1.82, 2.24) is 15.5 Å². The van der Waals surface area contributed by atoms with Crippen LogP contribution in [0.5, 0.6) is 0 Å². The Balaban J connectivity index is 0.00000576. The van der Waals surface area contributed by atoms with Gasteiger partial charge in [0, 0.05) is 32.1 Å². The van der Waals surface area contributed by atoms with Gasteiger partial charge in [0.1, 0.15) is 0 Å². The Morgan fingerprint density at radius 3 is 2.44 bits per heavy atom. The van der Waals surface area contributed by atoms with E-state index in [9.17, 15) is 13.2 Å². The van der Waals surface area contributed by atoms with Gasteiger partial charge in [0.15, 0.2) is 15.8 Å². The standard InChI is InChI=1S/C16H32N4O3S.HI/c1-6-14(21)20-10-8-13(12-20)19-15(17-7-2)18-9-11-24(22,23)16(3,4)5;/h13H,6-12H2,1-5H3,(H2,17,18,19);1H. The van der Waals surface area contributed by atoms with Gasteiger partial charge in [-0.05, 0) is 34.1 Å². The summed E-state index contributed by atoms with van der Waals surface area (Å²) in [5.41, 5.74) is 0. The maximum Gasteiger partial charge on any atom is 0.222 e. The van der Waals surface area contributed by atoms with Crippen LogP contribution in [0, 0.1) is 0 Å². The molecule has 2 N–H and O–H groups in total. The fourth-order valence-electron chi connectivity index (χ4n) is 2.43. The minimum atomic E-state index is -3.17. The number of carbonyl (C=O) groups excluding carboxylic acids is 1. The van der Waals surface area contributed by atoms with Crippen LogP contribution in [0.4, 0.5) is 0 Å². The molecule has 0 aromatic carbocycles. The first kappa shape index (κ1) is 24.4. The molecule has 0 saturated carbocycles.